The van der Waals surface area contributed by atoms with Gasteiger partial charge in [0.15, 0.2) is 0 Å². The van der Waals surface area contributed by atoms with Crippen molar-refractivity contribution in [2.75, 3.05) is 13.1 Å². The van der Waals surface area contributed by atoms with E-state index in [2.05, 4.69) is 0 Å². The van der Waals surface area contributed by atoms with Gasteiger partial charge < -0.3 is 10.6 Å². The maximum atomic E-state index is 12.3. The van der Waals surface area contributed by atoms with E-state index >= 15 is 0 Å². The summed E-state index contributed by atoms with van der Waals surface area (Å²) in [5.74, 6) is -2.78. The van der Waals surface area contributed by atoms with Gasteiger partial charge in [-0.3, -0.25) is 4.79 Å². The highest BCUT2D eigenvalue weighted by Crippen LogP contribution is 2.29. The molecule has 2 N–H and O–H groups in total. The van der Waals surface area contributed by atoms with Crippen LogP contribution >= 0.6 is 0 Å². The fraction of sp³-hybridized carbons (Fsp3) is 0.889. The second-order valence-corrected chi connectivity index (χ2v) is 3.83. The minimum absolute atomic E-state index is 0.220. The summed E-state index contributed by atoms with van der Waals surface area (Å²) in [6, 6.07) is -0.220. The summed E-state index contributed by atoms with van der Waals surface area (Å²) >= 11 is 0. The van der Waals surface area contributed by atoms with Gasteiger partial charge in [-0.05, 0) is 19.8 Å². The maximum Gasteiger partial charge on any atom is 0.400 e. The molecule has 0 aliphatic carbocycles. The molecule has 0 aromatic heterocycles. The number of alkyl halides is 3. The number of rotatable bonds is 2. The van der Waals surface area contributed by atoms with Crippen LogP contribution < -0.4 is 5.73 Å². The molecule has 1 fully saturated rings. The Labute approximate surface area is 86.4 Å². The van der Waals surface area contributed by atoms with Crippen LogP contribution in [0.4, 0.5) is 13.2 Å². The van der Waals surface area contributed by atoms with Gasteiger partial charge in [0, 0.05) is 19.1 Å². The molecule has 0 saturated carbocycles. The van der Waals surface area contributed by atoms with Crippen LogP contribution in [-0.4, -0.2) is 36.1 Å². The third kappa shape index (κ3) is 2.62. The molecule has 15 heavy (non-hydrogen) atoms. The molecule has 1 amide bonds. The Bertz CT molecular complexity index is 242. The number of likely N-dealkylation sites (tertiary alicyclic amines) is 1. The summed E-state index contributed by atoms with van der Waals surface area (Å²) in [7, 11) is 0. The lowest BCUT2D eigenvalue weighted by atomic mass is 10.1. The van der Waals surface area contributed by atoms with Crippen molar-refractivity contribution in [1.82, 2.24) is 4.90 Å². The zero-order valence-electron chi connectivity index (χ0n) is 8.55. The monoisotopic (exact) mass is 224 g/mol. The van der Waals surface area contributed by atoms with Gasteiger partial charge in [0.2, 0.25) is 5.91 Å². The number of carbonyl (C=O) groups is 1. The third-order valence-electron chi connectivity index (χ3n) is 2.79. The molecule has 1 heterocycles. The fourth-order valence-electron chi connectivity index (χ4n) is 1.76. The van der Waals surface area contributed by atoms with Gasteiger partial charge >= 0.3 is 6.18 Å². The van der Waals surface area contributed by atoms with Gasteiger partial charge in [0.05, 0.1) is 0 Å². The first-order valence-corrected chi connectivity index (χ1v) is 4.95. The molecule has 1 rings (SSSR count). The second-order valence-electron chi connectivity index (χ2n) is 3.83. The summed E-state index contributed by atoms with van der Waals surface area (Å²) in [4.78, 5) is 12.8. The van der Waals surface area contributed by atoms with E-state index in [-0.39, 0.29) is 12.6 Å². The molecule has 1 saturated heterocycles. The van der Waals surface area contributed by atoms with Gasteiger partial charge in [-0.1, -0.05) is 0 Å². The summed E-state index contributed by atoms with van der Waals surface area (Å²) < 4.78 is 36.9. The van der Waals surface area contributed by atoms with Crippen molar-refractivity contribution >= 4 is 5.91 Å². The van der Waals surface area contributed by atoms with Gasteiger partial charge in [0.25, 0.3) is 0 Å². The number of nitrogens with zero attached hydrogens (tertiary/aromatic N) is 1. The summed E-state index contributed by atoms with van der Waals surface area (Å²) in [6.45, 7) is 1.52. The van der Waals surface area contributed by atoms with E-state index < -0.39 is 18.0 Å². The van der Waals surface area contributed by atoms with E-state index in [1.165, 1.54) is 4.90 Å². The van der Waals surface area contributed by atoms with Crippen LogP contribution in [0.1, 0.15) is 19.8 Å². The molecule has 88 valence electrons. The van der Waals surface area contributed by atoms with Crippen LogP contribution in [0.5, 0.6) is 0 Å². The highest BCUT2D eigenvalue weighted by molar-refractivity contribution is 5.79. The lowest BCUT2D eigenvalue weighted by molar-refractivity contribution is -0.185. The van der Waals surface area contributed by atoms with Crippen LogP contribution in [0, 0.1) is 5.92 Å². The van der Waals surface area contributed by atoms with Crippen LogP contribution in [-0.2, 0) is 4.79 Å². The van der Waals surface area contributed by atoms with Crippen molar-refractivity contribution in [2.45, 2.75) is 32.0 Å². The fourth-order valence-corrected chi connectivity index (χ4v) is 1.76. The van der Waals surface area contributed by atoms with E-state index in [0.717, 1.165) is 13.3 Å². The van der Waals surface area contributed by atoms with Gasteiger partial charge in [-0.25, -0.2) is 0 Å². The first-order chi connectivity index (χ1) is 6.88. The van der Waals surface area contributed by atoms with Crippen molar-refractivity contribution < 1.29 is 18.0 Å². The zero-order chi connectivity index (χ0) is 11.6. The van der Waals surface area contributed by atoms with E-state index in [1.54, 1.807) is 0 Å². The number of amides is 1. The van der Waals surface area contributed by atoms with Crippen LogP contribution in [0.2, 0.25) is 0 Å². The molecule has 1 aliphatic rings. The Morgan fingerprint density at radius 3 is 2.67 bits per heavy atom. The molecular weight excluding hydrogens is 209 g/mol. The van der Waals surface area contributed by atoms with Crippen molar-refractivity contribution in [3.63, 3.8) is 0 Å². The number of carbonyl (C=O) groups excluding carboxylic acids is 1. The molecule has 0 radical (unpaired) electrons. The van der Waals surface area contributed by atoms with Crippen LogP contribution in [0.15, 0.2) is 0 Å². The molecular formula is C9H15F3N2O. The topological polar surface area (TPSA) is 46.3 Å². The zero-order valence-corrected chi connectivity index (χ0v) is 8.55. The van der Waals surface area contributed by atoms with E-state index in [0.29, 0.717) is 13.0 Å². The molecule has 0 aromatic carbocycles. The minimum atomic E-state index is -4.46. The first kappa shape index (κ1) is 12.3. The Morgan fingerprint density at radius 2 is 2.20 bits per heavy atom. The largest absolute Gasteiger partial charge is 0.400 e. The van der Waals surface area contributed by atoms with Crippen molar-refractivity contribution in [2.24, 2.45) is 11.7 Å². The predicted molar refractivity (Wildman–Crippen MR) is 49.0 cm³/mol. The SMILES string of the molecule is CC(C(=O)N1CCCC1CN)C(F)(F)F. The Kier molecular flexibility index (Phi) is 3.59. The summed E-state index contributed by atoms with van der Waals surface area (Å²) in [6.07, 6.45) is -3.02. The summed E-state index contributed by atoms with van der Waals surface area (Å²) in [5, 5.41) is 0. The third-order valence-corrected chi connectivity index (χ3v) is 2.79. The van der Waals surface area contributed by atoms with Crippen molar-refractivity contribution in [1.29, 1.82) is 0 Å². The van der Waals surface area contributed by atoms with Gasteiger partial charge in [0.1, 0.15) is 5.92 Å². The second kappa shape index (κ2) is 4.38. The van der Waals surface area contributed by atoms with Crippen LogP contribution in [0.3, 0.4) is 0 Å². The number of hydrogen-bond acceptors (Lipinski definition) is 2. The molecule has 2 unspecified atom stereocenters. The lowest BCUT2D eigenvalue weighted by Crippen LogP contribution is -2.45. The average Bonchev–Trinajstić information content (AvgIpc) is 2.61. The van der Waals surface area contributed by atoms with Gasteiger partial charge in [-0.2, -0.15) is 13.2 Å². The molecule has 6 heteroatoms. The normalized spacial score (nSPS) is 24.3. The molecule has 3 nitrogen and oxygen atoms in total. The minimum Gasteiger partial charge on any atom is -0.338 e. The standard InChI is InChI=1S/C9H15F3N2O/c1-6(9(10,11)12)8(15)14-4-2-3-7(14)5-13/h6-7H,2-5,13H2,1H3. The molecule has 2 atom stereocenters. The molecule has 0 spiro atoms. The van der Waals surface area contributed by atoms with Crippen LogP contribution in [0.25, 0.3) is 0 Å². The Balaban J connectivity index is 2.68. The van der Waals surface area contributed by atoms with Crippen molar-refractivity contribution in [3.8, 4) is 0 Å². The number of hydrogen-bond donors (Lipinski definition) is 1. The number of nitrogens with two attached hydrogens (primary N) is 1. The van der Waals surface area contributed by atoms with E-state index in [9.17, 15) is 18.0 Å². The highest BCUT2D eigenvalue weighted by Gasteiger charge is 2.44. The molecule has 0 bridgehead atoms. The Hall–Kier alpha value is -0.780. The predicted octanol–water partition coefficient (Wildman–Crippen LogP) is 1.13. The van der Waals surface area contributed by atoms with Gasteiger partial charge in [-0.15, -0.1) is 0 Å². The molecule has 1 aliphatic heterocycles. The number of halogens is 3. The van der Waals surface area contributed by atoms with E-state index in [4.69, 9.17) is 5.73 Å². The lowest BCUT2D eigenvalue weighted by Gasteiger charge is -2.27. The maximum absolute atomic E-state index is 12.3. The van der Waals surface area contributed by atoms with E-state index in [1.807, 2.05) is 0 Å². The molecule has 0 aromatic rings. The average molecular weight is 224 g/mol. The highest BCUT2D eigenvalue weighted by atomic mass is 19.4. The first-order valence-electron chi connectivity index (χ1n) is 4.95. The quantitative estimate of drug-likeness (QED) is 0.764. The summed E-state index contributed by atoms with van der Waals surface area (Å²) in [5.41, 5.74) is 5.40. The van der Waals surface area contributed by atoms with Crippen molar-refractivity contribution in [3.05, 3.63) is 0 Å². The Morgan fingerprint density at radius 1 is 1.60 bits per heavy atom. The smallest absolute Gasteiger partial charge is 0.338 e.